The largest absolute Gasteiger partial charge is 0.497 e. The second kappa shape index (κ2) is 8.31. The molecule has 0 saturated carbocycles. The van der Waals surface area contributed by atoms with Crippen molar-refractivity contribution in [3.05, 3.63) is 109 Å². The number of anilines is 5. The zero-order valence-electron chi connectivity index (χ0n) is 15.7. The Hall–Kier alpha value is -3.72. The summed E-state index contributed by atoms with van der Waals surface area (Å²) in [4.78, 5) is 2.23. The molecule has 4 rings (SSSR count). The van der Waals surface area contributed by atoms with Crippen molar-refractivity contribution in [1.29, 1.82) is 0 Å². The molecule has 3 heteroatoms. The zero-order chi connectivity index (χ0) is 19.2. The molecule has 0 fully saturated rings. The van der Waals surface area contributed by atoms with Crippen molar-refractivity contribution >= 4 is 28.4 Å². The third-order valence-corrected chi connectivity index (χ3v) is 4.53. The number of benzene rings is 4. The lowest BCUT2D eigenvalue weighted by Crippen LogP contribution is -2.09. The molecule has 0 unspecified atom stereocenters. The van der Waals surface area contributed by atoms with Crippen LogP contribution in [0.15, 0.2) is 109 Å². The predicted octanol–water partition coefficient (Wildman–Crippen LogP) is 6.91. The molecule has 28 heavy (non-hydrogen) atoms. The van der Waals surface area contributed by atoms with E-state index in [0.29, 0.717) is 0 Å². The fraction of sp³-hybridized carbons (Fsp3) is 0.0400. The SMILES string of the molecule is COc1ccc(N(c2ccccc2)c2ccc(Nc3ccccc3)cc2)cc1. The summed E-state index contributed by atoms with van der Waals surface area (Å²) in [7, 11) is 1.68. The van der Waals surface area contributed by atoms with E-state index >= 15 is 0 Å². The third-order valence-electron chi connectivity index (χ3n) is 4.53. The smallest absolute Gasteiger partial charge is 0.119 e. The van der Waals surface area contributed by atoms with Crippen LogP contribution in [-0.4, -0.2) is 7.11 Å². The second-order valence-corrected chi connectivity index (χ2v) is 6.41. The summed E-state index contributed by atoms with van der Waals surface area (Å²) in [6.45, 7) is 0. The van der Waals surface area contributed by atoms with Gasteiger partial charge in [0.15, 0.2) is 0 Å². The van der Waals surface area contributed by atoms with Crippen LogP contribution in [0.5, 0.6) is 5.75 Å². The van der Waals surface area contributed by atoms with Crippen LogP contribution in [0.2, 0.25) is 0 Å². The molecule has 3 nitrogen and oxygen atoms in total. The summed E-state index contributed by atoms with van der Waals surface area (Å²) < 4.78 is 5.31. The van der Waals surface area contributed by atoms with E-state index in [-0.39, 0.29) is 0 Å². The van der Waals surface area contributed by atoms with Crippen molar-refractivity contribution < 1.29 is 4.74 Å². The fourth-order valence-corrected chi connectivity index (χ4v) is 3.14. The van der Waals surface area contributed by atoms with Crippen molar-refractivity contribution in [1.82, 2.24) is 0 Å². The molecule has 0 aliphatic carbocycles. The number of nitrogens with zero attached hydrogens (tertiary/aromatic N) is 1. The summed E-state index contributed by atoms with van der Waals surface area (Å²) >= 11 is 0. The number of rotatable bonds is 6. The highest BCUT2D eigenvalue weighted by molar-refractivity contribution is 5.77. The first-order valence-electron chi connectivity index (χ1n) is 9.25. The topological polar surface area (TPSA) is 24.5 Å². The fourth-order valence-electron chi connectivity index (χ4n) is 3.14. The quantitative estimate of drug-likeness (QED) is 0.401. The van der Waals surface area contributed by atoms with Crippen LogP contribution in [0, 0.1) is 0 Å². The molecule has 0 saturated heterocycles. The Kier molecular flexibility index (Phi) is 5.25. The molecule has 138 valence electrons. The lowest BCUT2D eigenvalue weighted by atomic mass is 10.1. The van der Waals surface area contributed by atoms with Crippen LogP contribution in [-0.2, 0) is 0 Å². The van der Waals surface area contributed by atoms with Crippen LogP contribution in [0.4, 0.5) is 28.4 Å². The molecule has 1 N–H and O–H groups in total. The summed E-state index contributed by atoms with van der Waals surface area (Å²) in [5.41, 5.74) is 5.41. The molecule has 0 radical (unpaired) electrons. The number of methoxy groups -OCH3 is 1. The van der Waals surface area contributed by atoms with Gasteiger partial charge in [-0.2, -0.15) is 0 Å². The lowest BCUT2D eigenvalue weighted by Gasteiger charge is -2.25. The summed E-state index contributed by atoms with van der Waals surface area (Å²) in [5, 5.41) is 3.43. The Labute approximate surface area is 165 Å². The number of hydrogen-bond donors (Lipinski definition) is 1. The first-order chi connectivity index (χ1) is 13.8. The Balaban J connectivity index is 1.66. The zero-order valence-corrected chi connectivity index (χ0v) is 15.7. The average Bonchev–Trinajstić information content (AvgIpc) is 2.77. The summed E-state index contributed by atoms with van der Waals surface area (Å²) in [6.07, 6.45) is 0. The molecular weight excluding hydrogens is 344 g/mol. The van der Waals surface area contributed by atoms with Gasteiger partial charge < -0.3 is 15.0 Å². The van der Waals surface area contributed by atoms with E-state index in [1.807, 2.05) is 36.4 Å². The monoisotopic (exact) mass is 366 g/mol. The molecule has 4 aromatic rings. The van der Waals surface area contributed by atoms with Crippen LogP contribution >= 0.6 is 0 Å². The minimum atomic E-state index is 0.846. The third kappa shape index (κ3) is 3.99. The van der Waals surface area contributed by atoms with Gasteiger partial charge in [0.2, 0.25) is 0 Å². The van der Waals surface area contributed by atoms with E-state index in [0.717, 1.165) is 34.2 Å². The first kappa shape index (κ1) is 17.7. The van der Waals surface area contributed by atoms with Crippen LogP contribution in [0.3, 0.4) is 0 Å². The first-order valence-corrected chi connectivity index (χ1v) is 9.25. The maximum absolute atomic E-state index is 5.31. The van der Waals surface area contributed by atoms with Gasteiger partial charge in [-0.3, -0.25) is 0 Å². The molecule has 4 aromatic carbocycles. The highest BCUT2D eigenvalue weighted by Gasteiger charge is 2.12. The average molecular weight is 366 g/mol. The molecule has 0 bridgehead atoms. The van der Waals surface area contributed by atoms with Crippen LogP contribution < -0.4 is 15.0 Å². The highest BCUT2D eigenvalue weighted by Crippen LogP contribution is 2.35. The number of para-hydroxylation sites is 2. The molecule has 0 aliphatic rings. The van der Waals surface area contributed by atoms with Gasteiger partial charge in [0.25, 0.3) is 0 Å². The number of nitrogens with one attached hydrogen (secondary N) is 1. The molecule has 0 aliphatic heterocycles. The van der Waals surface area contributed by atoms with Gasteiger partial charge in [0.05, 0.1) is 7.11 Å². The van der Waals surface area contributed by atoms with Crippen LogP contribution in [0.25, 0.3) is 0 Å². The Morgan fingerprint density at radius 1 is 0.536 bits per heavy atom. The molecule has 0 heterocycles. The van der Waals surface area contributed by atoms with Crippen molar-refractivity contribution in [2.45, 2.75) is 0 Å². The van der Waals surface area contributed by atoms with Gasteiger partial charge in [-0.05, 0) is 72.8 Å². The van der Waals surface area contributed by atoms with E-state index in [1.54, 1.807) is 7.11 Å². The van der Waals surface area contributed by atoms with Crippen molar-refractivity contribution in [2.24, 2.45) is 0 Å². The maximum atomic E-state index is 5.31. The van der Waals surface area contributed by atoms with Crippen molar-refractivity contribution in [3.63, 3.8) is 0 Å². The Morgan fingerprint density at radius 2 is 1.00 bits per heavy atom. The van der Waals surface area contributed by atoms with Gasteiger partial charge >= 0.3 is 0 Å². The van der Waals surface area contributed by atoms with E-state index in [4.69, 9.17) is 4.74 Å². The predicted molar refractivity (Wildman–Crippen MR) is 117 cm³/mol. The minimum absolute atomic E-state index is 0.846. The molecular formula is C25H22N2O. The van der Waals surface area contributed by atoms with Gasteiger partial charge in [0.1, 0.15) is 5.75 Å². The molecule has 0 spiro atoms. The lowest BCUT2D eigenvalue weighted by molar-refractivity contribution is 0.415. The van der Waals surface area contributed by atoms with Crippen LogP contribution in [0.1, 0.15) is 0 Å². The van der Waals surface area contributed by atoms with Gasteiger partial charge in [0, 0.05) is 28.4 Å². The Bertz CT molecular complexity index is 998. The summed E-state index contributed by atoms with van der Waals surface area (Å²) in [5.74, 6) is 0.846. The van der Waals surface area contributed by atoms with Gasteiger partial charge in [-0.15, -0.1) is 0 Å². The standard InChI is InChI=1S/C25H22N2O/c1-28-25-18-16-24(17-19-25)27(22-10-6-3-7-11-22)23-14-12-21(13-15-23)26-20-8-4-2-5-9-20/h2-19,26H,1H3. The maximum Gasteiger partial charge on any atom is 0.119 e. The molecule has 0 aromatic heterocycles. The van der Waals surface area contributed by atoms with Crippen molar-refractivity contribution in [3.8, 4) is 5.75 Å². The molecule has 0 amide bonds. The second-order valence-electron chi connectivity index (χ2n) is 6.41. The van der Waals surface area contributed by atoms with E-state index in [2.05, 4.69) is 83.0 Å². The highest BCUT2D eigenvalue weighted by atomic mass is 16.5. The number of hydrogen-bond acceptors (Lipinski definition) is 3. The van der Waals surface area contributed by atoms with E-state index in [9.17, 15) is 0 Å². The van der Waals surface area contributed by atoms with Gasteiger partial charge in [-0.25, -0.2) is 0 Å². The normalized spacial score (nSPS) is 10.3. The summed E-state index contributed by atoms with van der Waals surface area (Å²) in [6, 6.07) is 37.1. The van der Waals surface area contributed by atoms with Crippen molar-refractivity contribution in [2.75, 3.05) is 17.3 Å². The minimum Gasteiger partial charge on any atom is -0.497 e. The molecule has 0 atom stereocenters. The van der Waals surface area contributed by atoms with E-state index in [1.165, 1.54) is 0 Å². The van der Waals surface area contributed by atoms with Gasteiger partial charge in [-0.1, -0.05) is 36.4 Å². The van der Waals surface area contributed by atoms with E-state index < -0.39 is 0 Å². The number of ether oxygens (including phenoxy) is 1. The Morgan fingerprint density at radius 3 is 1.57 bits per heavy atom.